The van der Waals surface area contributed by atoms with Gasteiger partial charge in [0, 0.05) is 51.1 Å². The van der Waals surface area contributed by atoms with E-state index in [4.69, 9.17) is 10.7 Å². The Kier molecular flexibility index (Phi) is 5.96. The lowest BCUT2D eigenvalue weighted by Gasteiger charge is -2.29. The minimum Gasteiger partial charge on any atom is -0.366 e. The van der Waals surface area contributed by atoms with Crippen molar-refractivity contribution in [3.8, 4) is 11.1 Å². The zero-order chi connectivity index (χ0) is 22.2. The van der Waals surface area contributed by atoms with Crippen LogP contribution in [0.4, 0.5) is 5.95 Å². The Morgan fingerprint density at radius 3 is 2.39 bits per heavy atom. The molecule has 0 aliphatic carbocycles. The minimum atomic E-state index is -3.55. The molecule has 2 N–H and O–H groups in total. The van der Waals surface area contributed by atoms with Crippen LogP contribution < -0.4 is 10.6 Å². The van der Waals surface area contributed by atoms with Gasteiger partial charge in [-0.05, 0) is 43.4 Å². The van der Waals surface area contributed by atoms with Gasteiger partial charge in [0.05, 0.1) is 11.7 Å². The first-order valence-corrected chi connectivity index (χ1v) is 11.9. The maximum absolute atomic E-state index is 13.4. The number of amides is 1. The van der Waals surface area contributed by atoms with Gasteiger partial charge < -0.3 is 10.6 Å². The zero-order valence-electron chi connectivity index (χ0n) is 17.9. The first kappa shape index (κ1) is 21.7. The lowest BCUT2D eigenvalue weighted by atomic mass is 9.99. The van der Waals surface area contributed by atoms with Crippen LogP contribution in [0.1, 0.15) is 47.8 Å². The van der Waals surface area contributed by atoms with Crippen LogP contribution in [0.3, 0.4) is 0 Å². The number of carbonyl (C=O) groups is 1. The van der Waals surface area contributed by atoms with Crippen molar-refractivity contribution in [2.45, 2.75) is 31.7 Å². The largest absolute Gasteiger partial charge is 0.366 e. The molecule has 166 valence electrons. The molecular formula is C21H28N6O3S. The molecule has 2 fully saturated rings. The van der Waals surface area contributed by atoms with Crippen molar-refractivity contribution in [3.63, 3.8) is 0 Å². The molecule has 2 aliphatic heterocycles. The molecule has 1 atom stereocenters. The highest BCUT2D eigenvalue weighted by Crippen LogP contribution is 2.39. The third kappa shape index (κ3) is 4.15. The van der Waals surface area contributed by atoms with Crippen molar-refractivity contribution >= 4 is 22.1 Å². The average molecular weight is 445 g/mol. The van der Waals surface area contributed by atoms with Crippen LogP contribution in [0.25, 0.3) is 11.1 Å². The summed E-state index contributed by atoms with van der Waals surface area (Å²) in [5, 5.41) is 0. The number of aromatic nitrogens is 2. The van der Waals surface area contributed by atoms with Crippen molar-refractivity contribution in [3.05, 3.63) is 41.7 Å². The Bertz CT molecular complexity index is 1070. The molecule has 3 heterocycles. The number of hydrogen-bond acceptors (Lipinski definition) is 6. The number of nitrogens with two attached hydrogens (primary N) is 1. The molecule has 1 aromatic heterocycles. The summed E-state index contributed by atoms with van der Waals surface area (Å²) >= 11 is 0. The fraction of sp³-hybridized carbons (Fsp3) is 0.476. The highest BCUT2D eigenvalue weighted by molar-refractivity contribution is 7.86. The van der Waals surface area contributed by atoms with E-state index in [1.807, 2.05) is 14.1 Å². The Balaban J connectivity index is 1.78. The van der Waals surface area contributed by atoms with Crippen molar-refractivity contribution in [2.75, 3.05) is 38.6 Å². The van der Waals surface area contributed by atoms with Crippen LogP contribution in [-0.4, -0.2) is 66.6 Å². The normalized spacial score (nSPS) is 20.3. The third-order valence-electron chi connectivity index (χ3n) is 5.89. The molecule has 0 bridgehead atoms. The first-order chi connectivity index (χ1) is 14.8. The van der Waals surface area contributed by atoms with E-state index in [-0.39, 0.29) is 6.04 Å². The number of primary amides is 1. The van der Waals surface area contributed by atoms with Crippen molar-refractivity contribution in [2.24, 2.45) is 5.73 Å². The topological polar surface area (TPSA) is 113 Å². The van der Waals surface area contributed by atoms with Crippen LogP contribution in [0.2, 0.25) is 0 Å². The number of anilines is 1. The van der Waals surface area contributed by atoms with E-state index in [1.54, 1.807) is 44.0 Å². The maximum Gasteiger partial charge on any atom is 0.282 e. The van der Waals surface area contributed by atoms with Crippen molar-refractivity contribution in [1.82, 2.24) is 18.6 Å². The molecule has 2 saturated heterocycles. The molecular weight excluding hydrogens is 416 g/mol. The Morgan fingerprint density at radius 2 is 1.77 bits per heavy atom. The summed E-state index contributed by atoms with van der Waals surface area (Å²) in [5.41, 5.74) is 8.04. The van der Waals surface area contributed by atoms with Gasteiger partial charge in [-0.15, -0.1) is 0 Å². The van der Waals surface area contributed by atoms with Crippen molar-refractivity contribution in [1.29, 1.82) is 0 Å². The van der Waals surface area contributed by atoms with Gasteiger partial charge in [0.1, 0.15) is 0 Å². The second-order valence-electron chi connectivity index (χ2n) is 8.19. The quantitative estimate of drug-likeness (QED) is 0.727. The summed E-state index contributed by atoms with van der Waals surface area (Å²) in [7, 11) is 0.156. The van der Waals surface area contributed by atoms with E-state index in [1.165, 1.54) is 0 Å². The molecule has 0 radical (unpaired) electrons. The number of rotatable bonds is 6. The third-order valence-corrected chi connectivity index (χ3v) is 7.94. The molecule has 0 unspecified atom stereocenters. The average Bonchev–Trinajstić information content (AvgIpc) is 3.46. The number of hydrogen-bond donors (Lipinski definition) is 1. The van der Waals surface area contributed by atoms with Gasteiger partial charge in [-0.3, -0.25) is 4.79 Å². The minimum absolute atomic E-state index is 0.363. The molecule has 2 aliphatic rings. The molecule has 31 heavy (non-hydrogen) atoms. The summed E-state index contributed by atoms with van der Waals surface area (Å²) in [6.07, 6.45) is 5.00. The molecule has 4 rings (SSSR count). The summed E-state index contributed by atoms with van der Waals surface area (Å²) in [6, 6.07) is 6.55. The van der Waals surface area contributed by atoms with Crippen LogP contribution >= 0.6 is 0 Å². The highest BCUT2D eigenvalue weighted by atomic mass is 32.2. The smallest absolute Gasteiger partial charge is 0.282 e. The van der Waals surface area contributed by atoms with E-state index in [9.17, 15) is 13.2 Å². The highest BCUT2D eigenvalue weighted by Gasteiger charge is 2.41. The first-order valence-electron chi connectivity index (χ1n) is 10.5. The van der Waals surface area contributed by atoms with E-state index in [0.29, 0.717) is 43.3 Å². The SMILES string of the molecule is CN(C)c1ncc(-c2ccc(C(N)=O)cc2)c([C@@H]2CCCN2S(=O)(=O)N2CCCC2)n1. The fourth-order valence-electron chi connectivity index (χ4n) is 4.25. The van der Waals surface area contributed by atoms with Gasteiger partial charge in [-0.2, -0.15) is 17.0 Å². The van der Waals surface area contributed by atoms with Crippen LogP contribution in [0.15, 0.2) is 30.5 Å². The Hall–Kier alpha value is -2.56. The van der Waals surface area contributed by atoms with Gasteiger partial charge in [0.2, 0.25) is 11.9 Å². The summed E-state index contributed by atoms with van der Waals surface area (Å²) in [6.45, 7) is 1.62. The summed E-state index contributed by atoms with van der Waals surface area (Å²) < 4.78 is 29.9. The second kappa shape index (κ2) is 8.52. The summed E-state index contributed by atoms with van der Waals surface area (Å²) in [4.78, 5) is 22.5. The van der Waals surface area contributed by atoms with E-state index >= 15 is 0 Å². The van der Waals surface area contributed by atoms with Crippen LogP contribution in [-0.2, 0) is 10.2 Å². The molecule has 1 amide bonds. The maximum atomic E-state index is 13.4. The Morgan fingerprint density at radius 1 is 1.10 bits per heavy atom. The van der Waals surface area contributed by atoms with Gasteiger partial charge >= 0.3 is 0 Å². The number of carbonyl (C=O) groups excluding carboxylic acids is 1. The standard InChI is InChI=1S/C21H28N6O3S/c1-25(2)21-23-14-17(15-7-9-16(10-8-15)20(22)28)19(24-21)18-6-5-13-27(18)31(29,30)26-11-3-4-12-26/h7-10,14,18H,3-6,11-13H2,1-2H3,(H2,22,28)/t18-/m0/s1. The predicted molar refractivity (Wildman–Crippen MR) is 119 cm³/mol. The van der Waals surface area contributed by atoms with E-state index in [0.717, 1.165) is 30.4 Å². The Labute approximate surface area is 183 Å². The predicted octanol–water partition coefficient (Wildman–Crippen LogP) is 1.79. The molecule has 10 heteroatoms. The summed E-state index contributed by atoms with van der Waals surface area (Å²) in [5.74, 6) is 0.0302. The van der Waals surface area contributed by atoms with Gasteiger partial charge in [0.15, 0.2) is 0 Å². The van der Waals surface area contributed by atoms with Crippen molar-refractivity contribution < 1.29 is 13.2 Å². The molecule has 2 aromatic rings. The second-order valence-corrected chi connectivity index (χ2v) is 10.1. The molecule has 0 spiro atoms. The van der Waals surface area contributed by atoms with Gasteiger partial charge in [0.25, 0.3) is 10.2 Å². The van der Waals surface area contributed by atoms with E-state index in [2.05, 4.69) is 4.98 Å². The molecule has 1 aromatic carbocycles. The van der Waals surface area contributed by atoms with Crippen LogP contribution in [0.5, 0.6) is 0 Å². The lowest BCUT2D eigenvalue weighted by Crippen LogP contribution is -2.42. The zero-order valence-corrected chi connectivity index (χ0v) is 18.7. The van der Waals surface area contributed by atoms with Crippen LogP contribution in [0, 0.1) is 0 Å². The van der Waals surface area contributed by atoms with Gasteiger partial charge in [-0.25, -0.2) is 9.97 Å². The monoisotopic (exact) mass is 444 g/mol. The van der Waals surface area contributed by atoms with E-state index < -0.39 is 16.1 Å². The lowest BCUT2D eigenvalue weighted by molar-refractivity contribution is 0.100. The number of nitrogens with zero attached hydrogens (tertiary/aromatic N) is 5. The molecule has 9 nitrogen and oxygen atoms in total. The van der Waals surface area contributed by atoms with Gasteiger partial charge in [-0.1, -0.05) is 12.1 Å². The fourth-order valence-corrected chi connectivity index (χ4v) is 6.15. The molecule has 0 saturated carbocycles. The number of benzene rings is 1.